The zero-order chi connectivity index (χ0) is 14.5. The van der Waals surface area contributed by atoms with E-state index in [9.17, 15) is 0 Å². The van der Waals surface area contributed by atoms with Gasteiger partial charge in [0.2, 0.25) is 0 Å². The summed E-state index contributed by atoms with van der Waals surface area (Å²) < 4.78 is 1.16. The minimum atomic E-state index is 0.386. The van der Waals surface area contributed by atoms with Crippen LogP contribution in [0.25, 0.3) is 0 Å². The molecule has 1 aromatic rings. The number of halogens is 1. The minimum absolute atomic E-state index is 0.386. The van der Waals surface area contributed by atoms with Crippen molar-refractivity contribution in [3.8, 4) is 0 Å². The normalized spacial score (nSPS) is 18.3. The summed E-state index contributed by atoms with van der Waals surface area (Å²) in [6, 6.07) is 7.06. The molecule has 1 fully saturated rings. The molecule has 0 aliphatic carbocycles. The maximum Gasteiger partial charge on any atom is 0.0416 e. The van der Waals surface area contributed by atoms with E-state index in [1.54, 1.807) is 0 Å². The summed E-state index contributed by atoms with van der Waals surface area (Å²) in [5, 5.41) is 3.53. The Balaban J connectivity index is 2.18. The Kier molecular flexibility index (Phi) is 5.87. The van der Waals surface area contributed by atoms with Crippen molar-refractivity contribution >= 4 is 21.6 Å². The predicted octanol–water partition coefficient (Wildman–Crippen LogP) is 3.26. The molecule has 0 amide bonds. The number of hydrogen-bond acceptors (Lipinski definition) is 3. The highest BCUT2D eigenvalue weighted by molar-refractivity contribution is 9.10. The van der Waals surface area contributed by atoms with Gasteiger partial charge in [-0.15, -0.1) is 0 Å². The number of likely N-dealkylation sites (N-methyl/N-ethyl adjacent to an activating group) is 1. The van der Waals surface area contributed by atoms with Crippen LogP contribution in [0.1, 0.15) is 32.4 Å². The zero-order valence-corrected chi connectivity index (χ0v) is 14.4. The summed E-state index contributed by atoms with van der Waals surface area (Å²) >= 11 is 3.61. The molecular weight excluding hydrogens is 314 g/mol. The van der Waals surface area contributed by atoms with Crippen LogP contribution in [0.15, 0.2) is 22.7 Å². The first-order valence-electron chi connectivity index (χ1n) is 7.65. The number of piperazine rings is 1. The molecule has 1 aliphatic heterocycles. The van der Waals surface area contributed by atoms with Crippen molar-refractivity contribution in [3.05, 3.63) is 28.2 Å². The highest BCUT2D eigenvalue weighted by atomic mass is 79.9. The molecule has 1 aliphatic rings. The van der Waals surface area contributed by atoms with E-state index in [4.69, 9.17) is 0 Å². The first-order chi connectivity index (χ1) is 9.65. The molecule has 2 rings (SSSR count). The third kappa shape index (κ3) is 3.74. The molecule has 112 valence electrons. The quantitative estimate of drug-likeness (QED) is 0.888. The van der Waals surface area contributed by atoms with Crippen LogP contribution in [0.5, 0.6) is 0 Å². The number of rotatable bonds is 5. The molecule has 4 heteroatoms. The van der Waals surface area contributed by atoms with E-state index >= 15 is 0 Å². The van der Waals surface area contributed by atoms with Crippen LogP contribution in [-0.4, -0.2) is 44.2 Å². The predicted molar refractivity (Wildman–Crippen MR) is 90.6 cm³/mol. The largest absolute Gasteiger partial charge is 0.369 e. The zero-order valence-electron chi connectivity index (χ0n) is 12.8. The van der Waals surface area contributed by atoms with Crippen molar-refractivity contribution in [2.24, 2.45) is 0 Å². The maximum atomic E-state index is 3.61. The maximum absolute atomic E-state index is 3.61. The van der Waals surface area contributed by atoms with Crippen molar-refractivity contribution in [2.75, 3.05) is 44.2 Å². The van der Waals surface area contributed by atoms with Gasteiger partial charge in [0.15, 0.2) is 0 Å². The van der Waals surface area contributed by atoms with Gasteiger partial charge in [0.05, 0.1) is 0 Å². The highest BCUT2D eigenvalue weighted by Crippen LogP contribution is 2.30. The third-order valence-electron chi connectivity index (χ3n) is 4.13. The molecule has 0 spiro atoms. The van der Waals surface area contributed by atoms with Gasteiger partial charge in [0, 0.05) is 42.4 Å². The molecule has 0 saturated carbocycles. The minimum Gasteiger partial charge on any atom is -0.369 e. The van der Waals surface area contributed by atoms with Crippen molar-refractivity contribution in [2.45, 2.75) is 26.8 Å². The van der Waals surface area contributed by atoms with E-state index in [-0.39, 0.29) is 0 Å². The molecule has 0 aromatic heterocycles. The fourth-order valence-corrected chi connectivity index (χ4v) is 3.26. The molecule has 1 atom stereocenters. The Morgan fingerprint density at radius 2 is 1.90 bits per heavy atom. The van der Waals surface area contributed by atoms with E-state index in [1.165, 1.54) is 24.3 Å². The average Bonchev–Trinajstić information content (AvgIpc) is 2.47. The first-order valence-corrected chi connectivity index (χ1v) is 8.45. The van der Waals surface area contributed by atoms with E-state index in [0.717, 1.165) is 30.7 Å². The third-order valence-corrected chi connectivity index (χ3v) is 4.62. The molecule has 20 heavy (non-hydrogen) atoms. The summed E-state index contributed by atoms with van der Waals surface area (Å²) in [6.45, 7) is 13.4. The van der Waals surface area contributed by atoms with Crippen molar-refractivity contribution in [1.82, 2.24) is 10.2 Å². The van der Waals surface area contributed by atoms with Crippen molar-refractivity contribution in [3.63, 3.8) is 0 Å². The van der Waals surface area contributed by atoms with Crippen LogP contribution in [-0.2, 0) is 0 Å². The van der Waals surface area contributed by atoms with Crippen LogP contribution >= 0.6 is 15.9 Å². The second-order valence-corrected chi connectivity index (χ2v) is 6.32. The van der Waals surface area contributed by atoms with Crippen LogP contribution in [0, 0.1) is 0 Å². The van der Waals surface area contributed by atoms with E-state index in [2.05, 4.69) is 70.0 Å². The number of benzene rings is 1. The van der Waals surface area contributed by atoms with Crippen LogP contribution in [0.4, 0.5) is 5.69 Å². The lowest BCUT2D eigenvalue weighted by Crippen LogP contribution is -2.46. The van der Waals surface area contributed by atoms with Gasteiger partial charge in [-0.25, -0.2) is 0 Å². The molecule has 0 radical (unpaired) electrons. The number of nitrogens with zero attached hydrogens (tertiary/aromatic N) is 2. The fraction of sp³-hybridized carbons (Fsp3) is 0.625. The highest BCUT2D eigenvalue weighted by Gasteiger charge is 2.20. The second-order valence-electron chi connectivity index (χ2n) is 5.40. The summed E-state index contributed by atoms with van der Waals surface area (Å²) in [5.41, 5.74) is 2.78. The molecule has 1 saturated heterocycles. The van der Waals surface area contributed by atoms with Gasteiger partial charge in [0.25, 0.3) is 0 Å². The Labute approximate surface area is 131 Å². The van der Waals surface area contributed by atoms with Gasteiger partial charge in [-0.3, -0.25) is 0 Å². The Bertz CT molecular complexity index is 428. The van der Waals surface area contributed by atoms with Gasteiger partial charge >= 0.3 is 0 Å². The molecular formula is C16H26BrN3. The van der Waals surface area contributed by atoms with Gasteiger partial charge in [-0.2, -0.15) is 0 Å². The fourth-order valence-electron chi connectivity index (χ4n) is 2.88. The van der Waals surface area contributed by atoms with E-state index in [0.29, 0.717) is 6.04 Å². The standard InChI is InChI=1S/C16H26BrN3/c1-4-18-13(3)15-12-14(17)6-7-16(15)20-10-8-19(5-2)9-11-20/h6-7,12-13,18H,4-5,8-11H2,1-3H3. The summed E-state index contributed by atoms with van der Waals surface area (Å²) in [6.07, 6.45) is 0. The Morgan fingerprint density at radius 3 is 2.50 bits per heavy atom. The van der Waals surface area contributed by atoms with Crippen LogP contribution in [0.3, 0.4) is 0 Å². The van der Waals surface area contributed by atoms with E-state index in [1.807, 2.05) is 0 Å². The topological polar surface area (TPSA) is 18.5 Å². The van der Waals surface area contributed by atoms with Crippen molar-refractivity contribution in [1.29, 1.82) is 0 Å². The lowest BCUT2D eigenvalue weighted by molar-refractivity contribution is 0.271. The second kappa shape index (κ2) is 7.43. The van der Waals surface area contributed by atoms with Gasteiger partial charge in [-0.1, -0.05) is 29.8 Å². The monoisotopic (exact) mass is 339 g/mol. The first kappa shape index (κ1) is 15.8. The Hall–Kier alpha value is -0.580. The number of anilines is 1. The molecule has 1 unspecified atom stereocenters. The molecule has 1 N–H and O–H groups in total. The van der Waals surface area contributed by atoms with Crippen molar-refractivity contribution < 1.29 is 0 Å². The van der Waals surface area contributed by atoms with Crippen LogP contribution < -0.4 is 10.2 Å². The Morgan fingerprint density at radius 1 is 1.20 bits per heavy atom. The SMILES string of the molecule is CCNC(C)c1cc(Br)ccc1N1CCN(CC)CC1. The molecule has 0 bridgehead atoms. The number of hydrogen-bond donors (Lipinski definition) is 1. The summed E-state index contributed by atoms with van der Waals surface area (Å²) in [7, 11) is 0. The summed E-state index contributed by atoms with van der Waals surface area (Å²) in [4.78, 5) is 5.05. The molecule has 1 heterocycles. The van der Waals surface area contributed by atoms with Gasteiger partial charge in [0.1, 0.15) is 0 Å². The van der Waals surface area contributed by atoms with Gasteiger partial charge in [-0.05, 0) is 43.8 Å². The molecule has 3 nitrogen and oxygen atoms in total. The lowest BCUT2D eigenvalue weighted by Gasteiger charge is -2.37. The van der Waals surface area contributed by atoms with Gasteiger partial charge < -0.3 is 15.1 Å². The summed E-state index contributed by atoms with van der Waals surface area (Å²) in [5.74, 6) is 0. The van der Waals surface area contributed by atoms with E-state index < -0.39 is 0 Å². The van der Waals surface area contributed by atoms with Crippen LogP contribution in [0.2, 0.25) is 0 Å². The number of nitrogens with one attached hydrogen (secondary N) is 1. The lowest BCUT2D eigenvalue weighted by atomic mass is 10.0. The average molecular weight is 340 g/mol. The smallest absolute Gasteiger partial charge is 0.0416 e. The molecule has 1 aromatic carbocycles.